The molecular formula is C29H40N8O3. The minimum Gasteiger partial charge on any atom is -0.494 e. The van der Waals surface area contributed by atoms with Crippen LogP contribution in [0.2, 0.25) is 0 Å². The maximum absolute atomic E-state index is 12.3. The average molecular weight is 549 g/mol. The lowest BCUT2D eigenvalue weighted by Crippen LogP contribution is -2.36. The van der Waals surface area contributed by atoms with Crippen LogP contribution in [0.4, 0.5) is 23.0 Å². The SMILES string of the molecule is C=CC(=O)Nc1cc(Nc2ncc(C)c(-n3cc(CN(C)C)c(C(C)(C)C)n3)n2)c(OC)cc1N1CCOCC1. The first-order valence-corrected chi connectivity index (χ1v) is 13.3. The van der Waals surface area contributed by atoms with Gasteiger partial charge in [0.1, 0.15) is 5.75 Å². The summed E-state index contributed by atoms with van der Waals surface area (Å²) in [5.74, 6) is 1.34. The zero-order chi connectivity index (χ0) is 29.0. The summed E-state index contributed by atoms with van der Waals surface area (Å²) in [5.41, 5.74) is 5.00. The first kappa shape index (κ1) is 29.0. The van der Waals surface area contributed by atoms with Gasteiger partial charge in [-0.05, 0) is 33.2 Å². The van der Waals surface area contributed by atoms with Gasteiger partial charge in [0.15, 0.2) is 5.82 Å². The summed E-state index contributed by atoms with van der Waals surface area (Å²) in [4.78, 5) is 25.9. The van der Waals surface area contributed by atoms with Crippen molar-refractivity contribution in [3.8, 4) is 11.6 Å². The number of nitrogens with one attached hydrogen (secondary N) is 2. The van der Waals surface area contributed by atoms with Crippen LogP contribution >= 0.6 is 0 Å². The molecule has 0 atom stereocenters. The van der Waals surface area contributed by atoms with Crippen LogP contribution in [0.25, 0.3) is 5.82 Å². The molecule has 3 heterocycles. The fraction of sp³-hybridized carbons (Fsp3) is 0.448. The summed E-state index contributed by atoms with van der Waals surface area (Å²) in [7, 11) is 5.70. The molecule has 0 spiro atoms. The largest absolute Gasteiger partial charge is 0.494 e. The molecule has 0 aliphatic carbocycles. The maximum atomic E-state index is 12.3. The molecule has 3 aromatic rings. The molecule has 2 aromatic heterocycles. The minimum absolute atomic E-state index is 0.125. The van der Waals surface area contributed by atoms with E-state index in [1.807, 2.05) is 44.0 Å². The van der Waals surface area contributed by atoms with E-state index in [1.165, 1.54) is 6.08 Å². The Morgan fingerprint density at radius 2 is 1.95 bits per heavy atom. The molecule has 1 aliphatic heterocycles. The molecule has 2 N–H and O–H groups in total. The molecule has 40 heavy (non-hydrogen) atoms. The molecule has 0 bridgehead atoms. The second-order valence-electron chi connectivity index (χ2n) is 11.1. The minimum atomic E-state index is -0.304. The summed E-state index contributed by atoms with van der Waals surface area (Å²) in [6, 6.07) is 3.73. The molecule has 1 fully saturated rings. The fourth-order valence-corrected chi connectivity index (χ4v) is 4.64. The zero-order valence-electron chi connectivity index (χ0n) is 24.5. The molecule has 0 unspecified atom stereocenters. The summed E-state index contributed by atoms with van der Waals surface area (Å²) in [5, 5.41) is 11.2. The first-order chi connectivity index (χ1) is 19.0. The summed E-state index contributed by atoms with van der Waals surface area (Å²) < 4.78 is 13.1. The van der Waals surface area contributed by atoms with Gasteiger partial charge in [-0.2, -0.15) is 10.1 Å². The van der Waals surface area contributed by atoms with Gasteiger partial charge >= 0.3 is 0 Å². The van der Waals surface area contributed by atoms with Gasteiger partial charge in [-0.1, -0.05) is 27.4 Å². The van der Waals surface area contributed by atoms with Crippen molar-refractivity contribution >= 4 is 28.9 Å². The van der Waals surface area contributed by atoms with Crippen LogP contribution in [-0.2, 0) is 21.5 Å². The van der Waals surface area contributed by atoms with E-state index in [1.54, 1.807) is 13.3 Å². The van der Waals surface area contributed by atoms with Crippen LogP contribution in [-0.4, -0.2) is 78.1 Å². The van der Waals surface area contributed by atoms with Gasteiger partial charge in [-0.15, -0.1) is 0 Å². The monoisotopic (exact) mass is 548 g/mol. The van der Waals surface area contributed by atoms with Crippen molar-refractivity contribution in [3.05, 3.63) is 54.0 Å². The number of carbonyl (C=O) groups is 1. The number of hydrogen-bond donors (Lipinski definition) is 2. The van der Waals surface area contributed by atoms with Crippen LogP contribution in [0.15, 0.2) is 37.2 Å². The number of anilines is 4. The van der Waals surface area contributed by atoms with Crippen molar-refractivity contribution in [2.45, 2.75) is 39.7 Å². The number of carbonyl (C=O) groups excluding carboxylic acids is 1. The number of amides is 1. The van der Waals surface area contributed by atoms with Crippen LogP contribution in [0.3, 0.4) is 0 Å². The normalized spacial score (nSPS) is 13.8. The molecule has 0 saturated carbocycles. The molecule has 1 amide bonds. The highest BCUT2D eigenvalue weighted by atomic mass is 16.5. The average Bonchev–Trinajstić information content (AvgIpc) is 3.34. The van der Waals surface area contributed by atoms with Crippen molar-refractivity contribution in [1.29, 1.82) is 0 Å². The number of methoxy groups -OCH3 is 1. The molecule has 0 radical (unpaired) electrons. The molecule has 1 aliphatic rings. The predicted octanol–water partition coefficient (Wildman–Crippen LogP) is 4.04. The maximum Gasteiger partial charge on any atom is 0.247 e. The van der Waals surface area contributed by atoms with E-state index in [9.17, 15) is 4.79 Å². The van der Waals surface area contributed by atoms with Gasteiger partial charge < -0.3 is 29.9 Å². The van der Waals surface area contributed by atoms with E-state index in [-0.39, 0.29) is 11.3 Å². The number of benzene rings is 1. The van der Waals surface area contributed by atoms with Gasteiger partial charge in [-0.25, -0.2) is 9.67 Å². The Morgan fingerprint density at radius 1 is 1.23 bits per heavy atom. The van der Waals surface area contributed by atoms with E-state index in [2.05, 4.69) is 52.8 Å². The number of aryl methyl sites for hydroxylation is 1. The molecule has 1 saturated heterocycles. The number of hydrogen-bond acceptors (Lipinski definition) is 9. The van der Waals surface area contributed by atoms with Gasteiger partial charge in [0.25, 0.3) is 0 Å². The smallest absolute Gasteiger partial charge is 0.247 e. The number of ether oxygens (including phenoxy) is 2. The topological polar surface area (TPSA) is 110 Å². The highest BCUT2D eigenvalue weighted by Gasteiger charge is 2.24. The number of nitrogens with zero attached hydrogens (tertiary/aromatic N) is 6. The van der Waals surface area contributed by atoms with E-state index >= 15 is 0 Å². The Kier molecular flexibility index (Phi) is 8.75. The van der Waals surface area contributed by atoms with Crippen molar-refractivity contribution in [2.75, 3.05) is 63.0 Å². The third-order valence-electron chi connectivity index (χ3n) is 6.51. The van der Waals surface area contributed by atoms with Crippen molar-refractivity contribution < 1.29 is 14.3 Å². The van der Waals surface area contributed by atoms with Crippen LogP contribution in [0, 0.1) is 6.92 Å². The standard InChI is InChI=1S/C29H40N8O3/c1-9-25(38)31-21-14-22(24(39-8)15-23(21)36-10-12-40-13-11-36)32-28-30-16-19(2)27(33-28)37-18-20(17-35(6)7)26(34-37)29(3,4)5/h9,14-16,18H,1,10-13,17H2,2-8H3,(H,31,38)(H,30,32,33). The second kappa shape index (κ2) is 12.1. The Hall–Kier alpha value is -3.96. The summed E-state index contributed by atoms with van der Waals surface area (Å²) in [6.45, 7) is 15.4. The van der Waals surface area contributed by atoms with Crippen molar-refractivity contribution in [2.24, 2.45) is 0 Å². The summed E-state index contributed by atoms with van der Waals surface area (Å²) in [6.07, 6.45) is 5.06. The lowest BCUT2D eigenvalue weighted by atomic mass is 9.89. The summed E-state index contributed by atoms with van der Waals surface area (Å²) >= 11 is 0. The van der Waals surface area contributed by atoms with Gasteiger partial charge in [0.2, 0.25) is 11.9 Å². The van der Waals surface area contributed by atoms with Gasteiger partial charge in [-0.3, -0.25) is 4.79 Å². The van der Waals surface area contributed by atoms with Crippen LogP contribution in [0.5, 0.6) is 5.75 Å². The van der Waals surface area contributed by atoms with Gasteiger partial charge in [0.05, 0.1) is 43.1 Å². The zero-order valence-corrected chi connectivity index (χ0v) is 24.5. The Morgan fingerprint density at radius 3 is 2.58 bits per heavy atom. The van der Waals surface area contributed by atoms with Crippen LogP contribution < -0.4 is 20.3 Å². The second-order valence-corrected chi connectivity index (χ2v) is 11.1. The van der Waals surface area contributed by atoms with E-state index in [0.717, 1.165) is 29.1 Å². The lowest BCUT2D eigenvalue weighted by Gasteiger charge is -2.31. The van der Waals surface area contributed by atoms with E-state index in [0.29, 0.717) is 55.2 Å². The number of aromatic nitrogens is 4. The predicted molar refractivity (Wildman–Crippen MR) is 158 cm³/mol. The van der Waals surface area contributed by atoms with Crippen LogP contribution in [0.1, 0.15) is 37.6 Å². The van der Waals surface area contributed by atoms with Crippen molar-refractivity contribution in [1.82, 2.24) is 24.6 Å². The molecule has 11 nitrogen and oxygen atoms in total. The molecular weight excluding hydrogens is 508 g/mol. The van der Waals surface area contributed by atoms with Gasteiger partial charge in [0, 0.05) is 54.6 Å². The van der Waals surface area contributed by atoms with E-state index < -0.39 is 0 Å². The number of morpholine rings is 1. The highest BCUT2D eigenvalue weighted by Crippen LogP contribution is 2.38. The lowest BCUT2D eigenvalue weighted by molar-refractivity contribution is -0.111. The Balaban J connectivity index is 1.73. The fourth-order valence-electron chi connectivity index (χ4n) is 4.64. The third-order valence-corrected chi connectivity index (χ3v) is 6.51. The quantitative estimate of drug-likeness (QED) is 0.383. The highest BCUT2D eigenvalue weighted by molar-refractivity contribution is 6.02. The molecule has 214 valence electrons. The molecule has 1 aromatic carbocycles. The third kappa shape index (κ3) is 6.60. The molecule has 11 heteroatoms. The first-order valence-electron chi connectivity index (χ1n) is 13.3. The van der Waals surface area contributed by atoms with E-state index in [4.69, 9.17) is 19.6 Å². The Bertz CT molecular complexity index is 1370. The molecule has 4 rings (SSSR count). The number of rotatable bonds is 9. The van der Waals surface area contributed by atoms with Crippen molar-refractivity contribution in [3.63, 3.8) is 0 Å². The Labute approximate surface area is 236 Å².